The molecular formula is C21H30BNO4. The summed E-state index contributed by atoms with van der Waals surface area (Å²) in [4.78, 5) is 12.5. The SMILES string of the molecule is CC1(C)OB(CC/C=C2\CNCC2C(=O)OCc2ccccc2)OC1(C)C. The molecule has 2 heterocycles. The van der Waals surface area contributed by atoms with Crippen molar-refractivity contribution in [3.63, 3.8) is 0 Å². The van der Waals surface area contributed by atoms with Gasteiger partial charge in [0, 0.05) is 13.1 Å². The van der Waals surface area contributed by atoms with Gasteiger partial charge in [-0.15, -0.1) is 0 Å². The average molecular weight is 371 g/mol. The van der Waals surface area contributed by atoms with Crippen LogP contribution in [-0.2, 0) is 25.4 Å². The van der Waals surface area contributed by atoms with E-state index in [0.29, 0.717) is 13.2 Å². The number of hydrogen-bond donors (Lipinski definition) is 1. The lowest BCUT2D eigenvalue weighted by Gasteiger charge is -2.32. The van der Waals surface area contributed by atoms with E-state index >= 15 is 0 Å². The van der Waals surface area contributed by atoms with Crippen molar-refractivity contribution < 1.29 is 18.8 Å². The van der Waals surface area contributed by atoms with Crippen LogP contribution >= 0.6 is 0 Å². The number of hydrogen-bond acceptors (Lipinski definition) is 5. The zero-order valence-electron chi connectivity index (χ0n) is 16.8. The maximum absolute atomic E-state index is 12.5. The lowest BCUT2D eigenvalue weighted by Crippen LogP contribution is -2.41. The number of ether oxygens (including phenoxy) is 1. The van der Waals surface area contributed by atoms with E-state index in [1.807, 2.05) is 30.3 Å². The first-order chi connectivity index (χ1) is 12.8. The Kier molecular flexibility index (Phi) is 6.09. The highest BCUT2D eigenvalue weighted by molar-refractivity contribution is 6.45. The summed E-state index contributed by atoms with van der Waals surface area (Å²) < 4.78 is 17.6. The Bertz CT molecular complexity index is 671. The molecule has 3 rings (SSSR count). The summed E-state index contributed by atoms with van der Waals surface area (Å²) in [6, 6.07) is 9.76. The lowest BCUT2D eigenvalue weighted by atomic mass is 9.82. The van der Waals surface area contributed by atoms with E-state index in [0.717, 1.165) is 30.4 Å². The summed E-state index contributed by atoms with van der Waals surface area (Å²) in [6.45, 7) is 9.92. The number of benzene rings is 1. The molecule has 2 aliphatic heterocycles. The molecule has 1 unspecified atom stereocenters. The van der Waals surface area contributed by atoms with Crippen LogP contribution in [0.15, 0.2) is 42.0 Å². The number of rotatable bonds is 6. The van der Waals surface area contributed by atoms with Crippen LogP contribution in [0.25, 0.3) is 0 Å². The van der Waals surface area contributed by atoms with Crippen LogP contribution in [-0.4, -0.2) is 37.4 Å². The molecule has 2 saturated heterocycles. The van der Waals surface area contributed by atoms with Crippen molar-refractivity contribution in [2.75, 3.05) is 13.1 Å². The Labute approximate surface area is 162 Å². The van der Waals surface area contributed by atoms with Crippen LogP contribution in [0, 0.1) is 5.92 Å². The van der Waals surface area contributed by atoms with Gasteiger partial charge in [0.05, 0.1) is 17.1 Å². The number of nitrogens with one attached hydrogen (secondary N) is 1. The van der Waals surface area contributed by atoms with E-state index < -0.39 is 0 Å². The molecule has 1 N–H and O–H groups in total. The first kappa shape index (κ1) is 20.1. The largest absolute Gasteiger partial charge is 0.460 e. The zero-order chi connectivity index (χ0) is 19.5. The quantitative estimate of drug-likeness (QED) is 0.472. The lowest BCUT2D eigenvalue weighted by molar-refractivity contribution is -0.147. The number of esters is 1. The van der Waals surface area contributed by atoms with Crippen LogP contribution in [0.4, 0.5) is 0 Å². The van der Waals surface area contributed by atoms with Crippen LogP contribution < -0.4 is 5.32 Å². The molecule has 27 heavy (non-hydrogen) atoms. The Morgan fingerprint density at radius 1 is 1.22 bits per heavy atom. The topological polar surface area (TPSA) is 56.8 Å². The van der Waals surface area contributed by atoms with Crippen LogP contribution in [0.5, 0.6) is 0 Å². The number of allylic oxidation sites excluding steroid dienone is 1. The molecule has 0 amide bonds. The molecule has 1 aromatic carbocycles. The van der Waals surface area contributed by atoms with Gasteiger partial charge >= 0.3 is 13.1 Å². The third-order valence-electron chi connectivity index (χ3n) is 5.74. The molecule has 1 aromatic rings. The van der Waals surface area contributed by atoms with Crippen LogP contribution in [0.2, 0.25) is 6.32 Å². The van der Waals surface area contributed by atoms with Gasteiger partial charge in [-0.05, 0) is 51.6 Å². The monoisotopic (exact) mass is 371 g/mol. The van der Waals surface area contributed by atoms with Gasteiger partial charge in [0.2, 0.25) is 0 Å². The molecule has 2 fully saturated rings. The minimum absolute atomic E-state index is 0.161. The summed E-state index contributed by atoms with van der Waals surface area (Å²) in [7, 11) is -0.204. The molecule has 5 nitrogen and oxygen atoms in total. The first-order valence-corrected chi connectivity index (χ1v) is 9.74. The molecule has 0 bridgehead atoms. The summed E-state index contributed by atoms with van der Waals surface area (Å²) >= 11 is 0. The van der Waals surface area contributed by atoms with Gasteiger partial charge in [-0.25, -0.2) is 0 Å². The predicted octanol–water partition coefficient (Wildman–Crippen LogP) is 3.36. The molecule has 0 aliphatic carbocycles. The molecule has 0 saturated carbocycles. The van der Waals surface area contributed by atoms with Crippen molar-refractivity contribution in [1.29, 1.82) is 0 Å². The Hall–Kier alpha value is -1.63. The standard InChI is InChI=1S/C21H30BNO4/c1-20(2)21(3,4)27-22(26-20)12-8-11-17-13-23-14-18(17)19(24)25-15-16-9-6-5-7-10-16/h5-7,9-11,18,23H,8,12-15H2,1-4H3/b17-11+. The van der Waals surface area contributed by atoms with Crippen molar-refractivity contribution in [2.24, 2.45) is 5.92 Å². The average Bonchev–Trinajstić information content (AvgIpc) is 3.15. The maximum atomic E-state index is 12.5. The van der Waals surface area contributed by atoms with Gasteiger partial charge in [-0.2, -0.15) is 0 Å². The zero-order valence-corrected chi connectivity index (χ0v) is 16.8. The van der Waals surface area contributed by atoms with Crippen molar-refractivity contribution in [3.05, 3.63) is 47.5 Å². The molecule has 6 heteroatoms. The second kappa shape index (κ2) is 8.17. The maximum Gasteiger partial charge on any atom is 0.458 e. The van der Waals surface area contributed by atoms with Gasteiger partial charge < -0.3 is 19.4 Å². The van der Waals surface area contributed by atoms with Crippen molar-refractivity contribution in [3.8, 4) is 0 Å². The van der Waals surface area contributed by atoms with Crippen LogP contribution in [0.1, 0.15) is 39.7 Å². The number of carbonyl (C=O) groups is 1. The van der Waals surface area contributed by atoms with Gasteiger partial charge in [-0.1, -0.05) is 36.4 Å². The second-order valence-corrected chi connectivity index (χ2v) is 8.32. The predicted molar refractivity (Wildman–Crippen MR) is 106 cm³/mol. The fraction of sp³-hybridized carbons (Fsp3) is 0.571. The number of carbonyl (C=O) groups excluding carboxylic acids is 1. The molecule has 2 aliphatic rings. The van der Waals surface area contributed by atoms with Gasteiger partial charge in [-0.3, -0.25) is 4.79 Å². The first-order valence-electron chi connectivity index (χ1n) is 9.74. The minimum atomic E-state index is -0.302. The third-order valence-corrected chi connectivity index (χ3v) is 5.74. The highest BCUT2D eigenvalue weighted by atomic mass is 16.7. The Balaban J connectivity index is 1.49. The second-order valence-electron chi connectivity index (χ2n) is 8.32. The smallest absolute Gasteiger partial charge is 0.458 e. The normalized spacial score (nSPS) is 25.1. The Morgan fingerprint density at radius 3 is 2.56 bits per heavy atom. The molecule has 1 atom stereocenters. The van der Waals surface area contributed by atoms with E-state index in [2.05, 4.69) is 39.1 Å². The van der Waals surface area contributed by atoms with E-state index in [9.17, 15) is 4.79 Å². The van der Waals surface area contributed by atoms with E-state index in [-0.39, 0.29) is 30.2 Å². The fourth-order valence-corrected chi connectivity index (χ4v) is 3.38. The molecule has 0 aromatic heterocycles. The van der Waals surface area contributed by atoms with Crippen molar-refractivity contribution in [2.45, 2.75) is 58.2 Å². The molecular weight excluding hydrogens is 341 g/mol. The fourth-order valence-electron chi connectivity index (χ4n) is 3.38. The summed E-state index contributed by atoms with van der Waals surface area (Å²) in [5.41, 5.74) is 1.50. The summed E-state index contributed by atoms with van der Waals surface area (Å²) in [6.07, 6.45) is 3.73. The van der Waals surface area contributed by atoms with Crippen molar-refractivity contribution >= 4 is 13.1 Å². The minimum Gasteiger partial charge on any atom is -0.460 e. The van der Waals surface area contributed by atoms with E-state index in [4.69, 9.17) is 14.0 Å². The Morgan fingerprint density at radius 2 is 1.89 bits per heavy atom. The third kappa shape index (κ3) is 4.81. The highest BCUT2D eigenvalue weighted by Crippen LogP contribution is 2.38. The van der Waals surface area contributed by atoms with Gasteiger partial charge in [0.25, 0.3) is 0 Å². The van der Waals surface area contributed by atoms with E-state index in [1.165, 1.54) is 0 Å². The highest BCUT2D eigenvalue weighted by Gasteiger charge is 2.50. The van der Waals surface area contributed by atoms with Gasteiger partial charge in [0.1, 0.15) is 6.61 Å². The summed E-state index contributed by atoms with van der Waals surface area (Å²) in [5, 5.41) is 3.27. The van der Waals surface area contributed by atoms with Gasteiger partial charge in [0.15, 0.2) is 0 Å². The van der Waals surface area contributed by atoms with Crippen LogP contribution in [0.3, 0.4) is 0 Å². The van der Waals surface area contributed by atoms with E-state index in [1.54, 1.807) is 0 Å². The molecule has 146 valence electrons. The molecule has 0 radical (unpaired) electrons. The summed E-state index contributed by atoms with van der Waals surface area (Å²) in [5.74, 6) is -0.363. The van der Waals surface area contributed by atoms with Crippen molar-refractivity contribution in [1.82, 2.24) is 5.32 Å². The molecule has 0 spiro atoms.